The molecule has 1 fully saturated rings. The van der Waals surface area contributed by atoms with Crippen LogP contribution in [0.5, 0.6) is 0 Å². The molecule has 66 valence electrons. The normalized spacial score (nSPS) is 31.1. The fraction of sp³-hybridized carbons (Fsp3) is 1.00. The number of hydrogen-bond acceptors (Lipinski definition) is 1. The summed E-state index contributed by atoms with van der Waals surface area (Å²) in [5.74, 6) is -0.404. The van der Waals surface area contributed by atoms with Crippen LogP contribution in [0.1, 0.15) is 26.7 Å². The predicted molar refractivity (Wildman–Crippen MR) is 38.7 cm³/mol. The van der Waals surface area contributed by atoms with Crippen LogP contribution in [-0.4, -0.2) is 18.6 Å². The Kier molecular flexibility index (Phi) is 2.82. The molecular weight excluding hydrogens is 150 g/mol. The van der Waals surface area contributed by atoms with Gasteiger partial charge in [-0.2, -0.15) is 0 Å². The Morgan fingerprint density at radius 1 is 1.27 bits per heavy atom. The van der Waals surface area contributed by atoms with Crippen LogP contribution in [0, 0.1) is 5.92 Å². The highest BCUT2D eigenvalue weighted by molar-refractivity contribution is 4.82. The maximum absolute atomic E-state index is 11.9. The van der Waals surface area contributed by atoms with E-state index in [0.717, 1.165) is 0 Å². The van der Waals surface area contributed by atoms with E-state index in [0.29, 0.717) is 12.8 Å². The summed E-state index contributed by atoms with van der Waals surface area (Å²) >= 11 is 0. The van der Waals surface area contributed by atoms with Crippen LogP contribution in [0.25, 0.3) is 0 Å². The van der Waals surface area contributed by atoms with Crippen molar-refractivity contribution in [2.75, 3.05) is 0 Å². The van der Waals surface area contributed by atoms with Crippen molar-refractivity contribution in [2.45, 2.75) is 45.3 Å². The lowest BCUT2D eigenvalue weighted by Crippen LogP contribution is -2.36. The van der Waals surface area contributed by atoms with E-state index in [4.69, 9.17) is 4.74 Å². The molecule has 3 heteroatoms. The summed E-state index contributed by atoms with van der Waals surface area (Å²) in [5.41, 5.74) is 0. The average Bonchev–Trinajstić information content (AvgIpc) is 1.75. The summed E-state index contributed by atoms with van der Waals surface area (Å²) in [5, 5.41) is 0. The maximum atomic E-state index is 11.9. The van der Waals surface area contributed by atoms with Gasteiger partial charge >= 0.3 is 0 Å². The quantitative estimate of drug-likeness (QED) is 0.622. The first-order valence-corrected chi connectivity index (χ1v) is 4.03. The number of ether oxygens (including phenoxy) is 1. The van der Waals surface area contributed by atoms with Crippen molar-refractivity contribution >= 4 is 0 Å². The Hall–Kier alpha value is -0.180. The smallest absolute Gasteiger partial charge is 0.241 e. The molecule has 0 bridgehead atoms. The van der Waals surface area contributed by atoms with Gasteiger partial charge in [0, 0.05) is 5.92 Å². The summed E-state index contributed by atoms with van der Waals surface area (Å²) in [4.78, 5) is 0. The van der Waals surface area contributed by atoms with E-state index in [-0.39, 0.29) is 12.2 Å². The molecular formula is C8H14F2O. The Balaban J connectivity index is 2.09. The van der Waals surface area contributed by atoms with Crippen LogP contribution >= 0.6 is 0 Å². The van der Waals surface area contributed by atoms with Crippen molar-refractivity contribution in [1.29, 1.82) is 0 Å². The molecule has 1 rings (SSSR count). The second-order valence-electron chi connectivity index (χ2n) is 3.37. The molecule has 0 unspecified atom stereocenters. The highest BCUT2D eigenvalue weighted by Crippen LogP contribution is 2.35. The van der Waals surface area contributed by atoms with E-state index < -0.39 is 12.3 Å². The molecule has 0 saturated heterocycles. The van der Waals surface area contributed by atoms with Crippen LogP contribution < -0.4 is 0 Å². The van der Waals surface area contributed by atoms with Gasteiger partial charge in [0.2, 0.25) is 6.43 Å². The molecule has 0 aliphatic heterocycles. The third kappa shape index (κ3) is 2.40. The van der Waals surface area contributed by atoms with Crippen molar-refractivity contribution in [3.63, 3.8) is 0 Å². The first kappa shape index (κ1) is 8.91. The average molecular weight is 164 g/mol. The molecule has 0 spiro atoms. The summed E-state index contributed by atoms with van der Waals surface area (Å²) < 4.78 is 29.2. The minimum Gasteiger partial charge on any atom is -0.376 e. The van der Waals surface area contributed by atoms with Crippen molar-refractivity contribution in [3.05, 3.63) is 0 Å². The summed E-state index contributed by atoms with van der Waals surface area (Å²) in [6, 6.07) is 0. The Morgan fingerprint density at radius 2 is 1.82 bits per heavy atom. The second-order valence-corrected chi connectivity index (χ2v) is 3.37. The molecule has 0 aromatic carbocycles. The third-order valence-corrected chi connectivity index (χ3v) is 1.95. The van der Waals surface area contributed by atoms with Crippen LogP contribution in [0.3, 0.4) is 0 Å². The summed E-state index contributed by atoms with van der Waals surface area (Å²) in [7, 11) is 0. The molecule has 11 heavy (non-hydrogen) atoms. The second kappa shape index (κ2) is 3.48. The highest BCUT2D eigenvalue weighted by Gasteiger charge is 2.36. The summed E-state index contributed by atoms with van der Waals surface area (Å²) in [6.45, 7) is 3.85. The van der Waals surface area contributed by atoms with Gasteiger partial charge in [0.05, 0.1) is 12.2 Å². The molecule has 1 saturated carbocycles. The van der Waals surface area contributed by atoms with Crippen molar-refractivity contribution in [1.82, 2.24) is 0 Å². The standard InChI is InChI=1S/C8H14F2O/c1-5(2)11-7-3-6(4-7)8(9)10/h5-8H,3-4H2,1-2H3. The predicted octanol–water partition coefficient (Wildman–Crippen LogP) is 2.46. The van der Waals surface area contributed by atoms with Gasteiger partial charge in [0.1, 0.15) is 0 Å². The van der Waals surface area contributed by atoms with Gasteiger partial charge in [-0.05, 0) is 26.7 Å². The fourth-order valence-electron chi connectivity index (χ4n) is 1.31. The van der Waals surface area contributed by atoms with Crippen LogP contribution in [0.15, 0.2) is 0 Å². The zero-order valence-electron chi connectivity index (χ0n) is 6.89. The molecule has 0 N–H and O–H groups in total. The van der Waals surface area contributed by atoms with Crippen LogP contribution in [0.2, 0.25) is 0 Å². The minimum absolute atomic E-state index is 0.0917. The molecule has 1 aliphatic carbocycles. The molecule has 0 atom stereocenters. The number of halogens is 2. The number of alkyl halides is 2. The van der Waals surface area contributed by atoms with Crippen LogP contribution in [0.4, 0.5) is 8.78 Å². The minimum atomic E-state index is -2.15. The first-order chi connectivity index (χ1) is 5.09. The number of hydrogen-bond donors (Lipinski definition) is 0. The van der Waals surface area contributed by atoms with E-state index in [1.807, 2.05) is 13.8 Å². The molecule has 0 aromatic heterocycles. The topological polar surface area (TPSA) is 9.23 Å². The molecule has 0 aromatic rings. The van der Waals surface area contributed by atoms with Gasteiger partial charge in [0.25, 0.3) is 0 Å². The van der Waals surface area contributed by atoms with E-state index in [2.05, 4.69) is 0 Å². The Bertz CT molecular complexity index is 119. The van der Waals surface area contributed by atoms with Gasteiger partial charge in [0.15, 0.2) is 0 Å². The van der Waals surface area contributed by atoms with Crippen LogP contribution in [-0.2, 0) is 4.74 Å². The lowest BCUT2D eigenvalue weighted by atomic mass is 9.82. The Labute approximate surface area is 65.7 Å². The molecule has 0 heterocycles. The summed E-state index contributed by atoms with van der Waals surface area (Å²) in [6.07, 6.45) is -0.819. The highest BCUT2D eigenvalue weighted by atomic mass is 19.3. The van der Waals surface area contributed by atoms with Gasteiger partial charge in [-0.15, -0.1) is 0 Å². The van der Waals surface area contributed by atoms with Crippen molar-refractivity contribution in [3.8, 4) is 0 Å². The van der Waals surface area contributed by atoms with Gasteiger partial charge in [-0.25, -0.2) is 8.78 Å². The van der Waals surface area contributed by atoms with Crippen molar-refractivity contribution < 1.29 is 13.5 Å². The van der Waals surface area contributed by atoms with E-state index in [9.17, 15) is 8.78 Å². The monoisotopic (exact) mass is 164 g/mol. The molecule has 0 radical (unpaired) electrons. The van der Waals surface area contributed by atoms with Gasteiger partial charge in [-0.3, -0.25) is 0 Å². The lowest BCUT2D eigenvalue weighted by molar-refractivity contribution is -0.101. The SMILES string of the molecule is CC(C)OC1CC(C(F)F)C1. The molecule has 1 nitrogen and oxygen atoms in total. The fourth-order valence-corrected chi connectivity index (χ4v) is 1.31. The lowest BCUT2D eigenvalue weighted by Gasteiger charge is -2.35. The van der Waals surface area contributed by atoms with E-state index in [1.54, 1.807) is 0 Å². The maximum Gasteiger partial charge on any atom is 0.241 e. The first-order valence-electron chi connectivity index (χ1n) is 4.03. The van der Waals surface area contributed by atoms with Crippen molar-refractivity contribution in [2.24, 2.45) is 5.92 Å². The van der Waals surface area contributed by atoms with E-state index in [1.165, 1.54) is 0 Å². The molecule has 0 amide bonds. The Morgan fingerprint density at radius 3 is 2.18 bits per heavy atom. The van der Waals surface area contributed by atoms with E-state index >= 15 is 0 Å². The molecule has 1 aliphatic rings. The zero-order chi connectivity index (χ0) is 8.43. The zero-order valence-corrected chi connectivity index (χ0v) is 6.89. The van der Waals surface area contributed by atoms with Gasteiger partial charge in [-0.1, -0.05) is 0 Å². The van der Waals surface area contributed by atoms with Gasteiger partial charge < -0.3 is 4.74 Å². The largest absolute Gasteiger partial charge is 0.376 e. The third-order valence-electron chi connectivity index (χ3n) is 1.95. The number of rotatable bonds is 3.